The van der Waals surface area contributed by atoms with Crippen molar-refractivity contribution in [2.24, 2.45) is 22.4 Å². The number of hydrogen-bond acceptors (Lipinski definition) is 4. The van der Waals surface area contributed by atoms with E-state index in [0.717, 1.165) is 12.3 Å². The zero-order valence-corrected chi connectivity index (χ0v) is 15.9. The molecule has 5 rings (SSSR count). The molecule has 2 atom stereocenters. The summed E-state index contributed by atoms with van der Waals surface area (Å²) in [6.45, 7) is 6.83. The van der Waals surface area contributed by atoms with Crippen molar-refractivity contribution in [3.05, 3.63) is 52.0 Å². The van der Waals surface area contributed by atoms with Crippen molar-refractivity contribution in [1.82, 2.24) is 15.2 Å². The zero-order chi connectivity index (χ0) is 19.2. The maximum Gasteiger partial charge on any atom is 0.292 e. The van der Waals surface area contributed by atoms with Crippen LogP contribution in [0.3, 0.4) is 0 Å². The summed E-state index contributed by atoms with van der Waals surface area (Å²) >= 11 is 0. The normalized spacial score (nSPS) is 23.1. The Morgan fingerprint density at radius 3 is 2.78 bits per heavy atom. The van der Waals surface area contributed by atoms with Gasteiger partial charge >= 0.3 is 0 Å². The molecule has 2 aromatic rings. The first kappa shape index (κ1) is 17.6. The minimum absolute atomic E-state index is 0.192. The number of carbonyl (C=O) groups excluding carboxylic acids is 1. The van der Waals surface area contributed by atoms with E-state index < -0.39 is 5.91 Å². The molecule has 0 aliphatic heterocycles. The van der Waals surface area contributed by atoms with Gasteiger partial charge in [-0.05, 0) is 48.7 Å². The highest BCUT2D eigenvalue weighted by Crippen LogP contribution is 2.58. The van der Waals surface area contributed by atoms with Gasteiger partial charge in [0.25, 0.3) is 11.5 Å². The predicted octanol–water partition coefficient (Wildman–Crippen LogP) is 3.12. The molecule has 2 bridgehead atoms. The van der Waals surface area contributed by atoms with Gasteiger partial charge in [0, 0.05) is 11.9 Å². The van der Waals surface area contributed by atoms with Crippen molar-refractivity contribution in [1.29, 1.82) is 0 Å². The number of hydrazone groups is 1. The number of aromatic nitrogens is 2. The summed E-state index contributed by atoms with van der Waals surface area (Å²) in [6, 6.07) is 7.03. The van der Waals surface area contributed by atoms with E-state index in [1.54, 1.807) is 30.5 Å². The summed E-state index contributed by atoms with van der Waals surface area (Å²) in [5.41, 5.74) is 4.12. The Kier molecular flexibility index (Phi) is 4.21. The number of hydrogen-bond donors (Lipinski definition) is 1. The van der Waals surface area contributed by atoms with Gasteiger partial charge < -0.3 is 0 Å². The van der Waals surface area contributed by atoms with Crippen LogP contribution >= 0.6 is 0 Å². The molecule has 2 unspecified atom stereocenters. The molecule has 3 aliphatic rings. The molecule has 1 amide bonds. The first-order valence-electron chi connectivity index (χ1n) is 9.46. The second kappa shape index (κ2) is 6.44. The van der Waals surface area contributed by atoms with E-state index in [1.807, 2.05) is 6.92 Å². The van der Waals surface area contributed by atoms with Crippen LogP contribution in [-0.4, -0.2) is 21.9 Å². The summed E-state index contributed by atoms with van der Waals surface area (Å²) in [7, 11) is 0. The van der Waals surface area contributed by atoms with Crippen LogP contribution in [0.1, 0.15) is 44.1 Å². The van der Waals surface area contributed by atoms with Crippen molar-refractivity contribution in [2.75, 3.05) is 0 Å². The average Bonchev–Trinajstić information content (AvgIpc) is 2.68. The van der Waals surface area contributed by atoms with Crippen molar-refractivity contribution in [3.8, 4) is 0 Å². The summed E-state index contributed by atoms with van der Waals surface area (Å²) in [5.74, 6) is 0.865. The monoisotopic (exact) mass is 364 g/mol. The molecule has 1 fully saturated rings. The Labute approximate surface area is 158 Å². The lowest BCUT2D eigenvalue weighted by molar-refractivity contribution is -0.00126. The van der Waals surface area contributed by atoms with Crippen molar-refractivity contribution in [3.63, 3.8) is 0 Å². The molecule has 1 saturated carbocycles. The molecule has 0 spiro atoms. The van der Waals surface area contributed by atoms with Crippen molar-refractivity contribution < 1.29 is 4.79 Å². The van der Waals surface area contributed by atoms with Gasteiger partial charge in [-0.1, -0.05) is 38.1 Å². The van der Waals surface area contributed by atoms with Crippen LogP contribution in [-0.2, 0) is 6.54 Å². The number of fused-ring (bicyclic) bond motifs is 2. The van der Waals surface area contributed by atoms with Gasteiger partial charge in [-0.2, -0.15) is 10.2 Å². The lowest BCUT2D eigenvalue weighted by Crippen LogP contribution is -2.48. The highest BCUT2D eigenvalue weighted by atomic mass is 16.2. The SMILES string of the molecule is CCn1nc(C(=O)N/N=C/C2=CCC3CC2C3(C)C)c2ccccc2c1=O. The van der Waals surface area contributed by atoms with Crippen LogP contribution in [0.25, 0.3) is 10.8 Å². The van der Waals surface area contributed by atoms with E-state index in [1.165, 1.54) is 16.7 Å². The molecule has 1 heterocycles. The fraction of sp³-hybridized carbons (Fsp3) is 0.429. The van der Waals surface area contributed by atoms with Gasteiger partial charge in [-0.25, -0.2) is 10.1 Å². The Bertz CT molecular complexity index is 1030. The highest BCUT2D eigenvalue weighted by molar-refractivity contribution is 6.04. The number of carbonyl (C=O) groups is 1. The molecule has 6 nitrogen and oxygen atoms in total. The van der Waals surface area contributed by atoms with E-state index in [9.17, 15) is 9.59 Å². The number of benzene rings is 1. The second-order valence-corrected chi connectivity index (χ2v) is 7.96. The molecule has 1 aromatic heterocycles. The first-order chi connectivity index (χ1) is 12.9. The van der Waals surface area contributed by atoms with Crippen LogP contribution in [0.5, 0.6) is 0 Å². The summed E-state index contributed by atoms with van der Waals surface area (Å²) < 4.78 is 1.31. The molecule has 0 radical (unpaired) electrons. The quantitative estimate of drug-likeness (QED) is 0.669. The van der Waals surface area contributed by atoms with Crippen LogP contribution in [0, 0.1) is 17.3 Å². The fourth-order valence-electron chi connectivity index (χ4n) is 4.38. The minimum atomic E-state index is -0.410. The third-order valence-electron chi connectivity index (χ3n) is 6.27. The van der Waals surface area contributed by atoms with Gasteiger partial charge in [-0.15, -0.1) is 0 Å². The molecule has 3 aliphatic carbocycles. The molecule has 6 heteroatoms. The number of aryl methyl sites for hydroxylation is 1. The van der Waals surface area contributed by atoms with Crippen LogP contribution in [0.2, 0.25) is 0 Å². The van der Waals surface area contributed by atoms with E-state index >= 15 is 0 Å². The number of rotatable bonds is 4. The summed E-state index contributed by atoms with van der Waals surface area (Å²) in [4.78, 5) is 25.1. The highest BCUT2D eigenvalue weighted by Gasteiger charge is 2.50. The topological polar surface area (TPSA) is 76.3 Å². The average molecular weight is 364 g/mol. The number of nitrogens with zero attached hydrogens (tertiary/aromatic N) is 3. The van der Waals surface area contributed by atoms with Crippen molar-refractivity contribution >= 4 is 22.9 Å². The van der Waals surface area contributed by atoms with E-state index in [4.69, 9.17) is 0 Å². The van der Waals surface area contributed by atoms with Gasteiger partial charge in [-0.3, -0.25) is 9.59 Å². The Morgan fingerprint density at radius 2 is 2.11 bits per heavy atom. The smallest absolute Gasteiger partial charge is 0.267 e. The largest absolute Gasteiger partial charge is 0.292 e. The Morgan fingerprint density at radius 1 is 1.37 bits per heavy atom. The zero-order valence-electron chi connectivity index (χ0n) is 15.9. The Hall–Kier alpha value is -2.76. The lowest BCUT2D eigenvalue weighted by Gasteiger charge is -2.55. The van der Waals surface area contributed by atoms with E-state index in [0.29, 0.717) is 28.7 Å². The van der Waals surface area contributed by atoms with Gasteiger partial charge in [0.2, 0.25) is 0 Å². The fourth-order valence-corrected chi connectivity index (χ4v) is 4.38. The Balaban J connectivity index is 1.58. The molecular weight excluding hydrogens is 340 g/mol. The van der Waals surface area contributed by atoms with E-state index in [2.05, 4.69) is 35.5 Å². The summed E-state index contributed by atoms with van der Waals surface area (Å²) in [5, 5.41) is 9.44. The molecule has 1 N–H and O–H groups in total. The second-order valence-electron chi connectivity index (χ2n) is 7.96. The number of amides is 1. The minimum Gasteiger partial charge on any atom is -0.267 e. The van der Waals surface area contributed by atoms with Crippen LogP contribution in [0.4, 0.5) is 0 Å². The molecule has 140 valence electrons. The predicted molar refractivity (Wildman–Crippen MR) is 106 cm³/mol. The maximum atomic E-state index is 12.7. The van der Waals surface area contributed by atoms with Crippen molar-refractivity contribution in [2.45, 2.75) is 40.2 Å². The number of allylic oxidation sites excluding steroid dienone is 2. The molecule has 27 heavy (non-hydrogen) atoms. The van der Waals surface area contributed by atoms with Gasteiger partial charge in [0.15, 0.2) is 5.69 Å². The van der Waals surface area contributed by atoms with Gasteiger partial charge in [0.05, 0.1) is 11.6 Å². The standard InChI is InChI=1S/C21H24N4O2/c1-4-25-20(27)16-8-6-5-7-15(16)18(24-25)19(26)23-22-12-13-9-10-14-11-17(13)21(14,2)3/h5-9,12,14,17H,4,10-11H2,1-3H3,(H,23,26)/b22-12+. The third-order valence-corrected chi connectivity index (χ3v) is 6.27. The molecule has 1 aromatic carbocycles. The van der Waals surface area contributed by atoms with Gasteiger partial charge in [0.1, 0.15) is 0 Å². The maximum absolute atomic E-state index is 12.7. The lowest BCUT2D eigenvalue weighted by atomic mass is 9.49. The van der Waals surface area contributed by atoms with Crippen LogP contribution < -0.4 is 11.0 Å². The molecular formula is C21H24N4O2. The van der Waals surface area contributed by atoms with E-state index in [-0.39, 0.29) is 11.3 Å². The summed E-state index contributed by atoms with van der Waals surface area (Å²) in [6.07, 6.45) is 6.27. The third kappa shape index (κ3) is 2.80. The first-order valence-corrected chi connectivity index (χ1v) is 9.46. The molecule has 0 saturated heterocycles. The van der Waals surface area contributed by atoms with Crippen LogP contribution in [0.15, 0.2) is 45.8 Å². The number of nitrogens with one attached hydrogen (secondary N) is 1.